The van der Waals surface area contributed by atoms with Gasteiger partial charge in [0, 0.05) is 24.0 Å². The number of rotatable bonds is 5. The van der Waals surface area contributed by atoms with E-state index in [2.05, 4.69) is 15.6 Å². The van der Waals surface area contributed by atoms with Crippen LogP contribution in [0.4, 0.5) is 4.79 Å². The molecule has 0 aliphatic rings. The summed E-state index contributed by atoms with van der Waals surface area (Å²) < 4.78 is 0. The Kier molecular flexibility index (Phi) is 4.89. The average molecular weight is 257 g/mol. The number of hydrogen-bond acceptors (Lipinski definition) is 4. The Morgan fingerprint density at radius 3 is 2.82 bits per heavy atom. The highest BCUT2D eigenvalue weighted by Crippen LogP contribution is 2.08. The number of aliphatic carboxylic acids is 1. The van der Waals surface area contributed by atoms with Gasteiger partial charge in [0.25, 0.3) is 0 Å². The molecular formula is C10H15N3O3S. The van der Waals surface area contributed by atoms with E-state index < -0.39 is 18.0 Å². The van der Waals surface area contributed by atoms with Gasteiger partial charge in [0.05, 0.1) is 5.01 Å². The van der Waals surface area contributed by atoms with Crippen molar-refractivity contribution in [2.45, 2.75) is 26.3 Å². The van der Waals surface area contributed by atoms with Crippen molar-refractivity contribution in [1.82, 2.24) is 15.6 Å². The van der Waals surface area contributed by atoms with Gasteiger partial charge in [-0.2, -0.15) is 0 Å². The van der Waals surface area contributed by atoms with E-state index in [-0.39, 0.29) is 0 Å². The second kappa shape index (κ2) is 6.19. The lowest BCUT2D eigenvalue weighted by Gasteiger charge is -2.09. The molecule has 0 saturated heterocycles. The SMILES string of the molecule is Cc1csc(CCNC(=O)N[C@@H](C)C(=O)O)n1. The van der Waals surface area contributed by atoms with E-state index in [4.69, 9.17) is 5.11 Å². The Labute approximate surface area is 103 Å². The summed E-state index contributed by atoms with van der Waals surface area (Å²) >= 11 is 1.54. The molecule has 0 aliphatic carbocycles. The minimum Gasteiger partial charge on any atom is -0.480 e. The zero-order valence-corrected chi connectivity index (χ0v) is 10.5. The van der Waals surface area contributed by atoms with Crippen LogP contribution in [0.1, 0.15) is 17.6 Å². The number of carbonyl (C=O) groups excluding carboxylic acids is 1. The molecule has 1 aromatic heterocycles. The largest absolute Gasteiger partial charge is 0.480 e. The number of thiazole rings is 1. The zero-order chi connectivity index (χ0) is 12.8. The Hall–Kier alpha value is -1.63. The van der Waals surface area contributed by atoms with Crippen LogP contribution in [0.5, 0.6) is 0 Å². The topological polar surface area (TPSA) is 91.3 Å². The summed E-state index contributed by atoms with van der Waals surface area (Å²) in [6, 6.07) is -1.37. The molecule has 7 heteroatoms. The van der Waals surface area contributed by atoms with Gasteiger partial charge in [-0.05, 0) is 13.8 Å². The van der Waals surface area contributed by atoms with Gasteiger partial charge in [-0.1, -0.05) is 0 Å². The van der Waals surface area contributed by atoms with Gasteiger partial charge < -0.3 is 15.7 Å². The summed E-state index contributed by atoms with van der Waals surface area (Å²) in [5.74, 6) is -1.06. The third kappa shape index (κ3) is 4.81. The molecule has 0 aromatic carbocycles. The lowest BCUT2D eigenvalue weighted by atomic mass is 10.3. The Balaban J connectivity index is 2.22. The van der Waals surface area contributed by atoms with Crippen molar-refractivity contribution in [3.8, 4) is 0 Å². The van der Waals surface area contributed by atoms with Crippen molar-refractivity contribution < 1.29 is 14.7 Å². The van der Waals surface area contributed by atoms with Gasteiger partial charge >= 0.3 is 12.0 Å². The third-order valence-electron chi connectivity index (χ3n) is 2.01. The maximum absolute atomic E-state index is 11.3. The quantitative estimate of drug-likeness (QED) is 0.726. The number of carboxylic acids is 1. The summed E-state index contributed by atoms with van der Waals surface area (Å²) in [4.78, 5) is 26.0. The van der Waals surface area contributed by atoms with Crippen LogP contribution in [0, 0.1) is 6.92 Å². The number of carbonyl (C=O) groups is 2. The molecule has 6 nitrogen and oxygen atoms in total. The highest BCUT2D eigenvalue weighted by molar-refractivity contribution is 7.09. The number of aromatic nitrogens is 1. The van der Waals surface area contributed by atoms with Gasteiger partial charge in [0.15, 0.2) is 0 Å². The first kappa shape index (κ1) is 13.4. The van der Waals surface area contributed by atoms with Gasteiger partial charge in [-0.3, -0.25) is 4.79 Å². The molecule has 0 unspecified atom stereocenters. The highest BCUT2D eigenvalue weighted by atomic mass is 32.1. The second-order valence-corrected chi connectivity index (χ2v) is 4.54. The Morgan fingerprint density at radius 2 is 2.29 bits per heavy atom. The van der Waals surface area contributed by atoms with Crippen LogP contribution in [-0.4, -0.2) is 34.7 Å². The molecule has 0 fully saturated rings. The minimum atomic E-state index is -1.06. The van der Waals surface area contributed by atoms with Gasteiger partial charge in [0.2, 0.25) is 0 Å². The number of hydrogen-bond donors (Lipinski definition) is 3. The van der Waals surface area contributed by atoms with Crippen molar-refractivity contribution >= 4 is 23.3 Å². The van der Waals surface area contributed by atoms with Crippen LogP contribution in [-0.2, 0) is 11.2 Å². The molecule has 0 radical (unpaired) electrons. The molecule has 1 aromatic rings. The lowest BCUT2D eigenvalue weighted by molar-refractivity contribution is -0.138. The van der Waals surface area contributed by atoms with Crippen molar-refractivity contribution in [2.24, 2.45) is 0 Å². The number of carboxylic acid groups (broad SMARTS) is 1. The molecule has 0 bridgehead atoms. The van der Waals surface area contributed by atoms with Crippen molar-refractivity contribution in [2.75, 3.05) is 6.54 Å². The molecule has 17 heavy (non-hydrogen) atoms. The van der Waals surface area contributed by atoms with Gasteiger partial charge in [-0.15, -0.1) is 11.3 Å². The molecule has 2 amide bonds. The van der Waals surface area contributed by atoms with Crippen LogP contribution in [0.3, 0.4) is 0 Å². The first-order valence-electron chi connectivity index (χ1n) is 5.17. The fraction of sp³-hybridized carbons (Fsp3) is 0.500. The lowest BCUT2D eigenvalue weighted by Crippen LogP contribution is -2.44. The minimum absolute atomic E-state index is 0.436. The normalized spacial score (nSPS) is 11.9. The fourth-order valence-corrected chi connectivity index (χ4v) is 1.89. The first-order valence-corrected chi connectivity index (χ1v) is 6.05. The molecule has 0 saturated carbocycles. The number of nitrogens with one attached hydrogen (secondary N) is 2. The van der Waals surface area contributed by atoms with Gasteiger partial charge in [-0.25, -0.2) is 9.78 Å². The summed E-state index contributed by atoms with van der Waals surface area (Å²) in [6.45, 7) is 3.76. The van der Waals surface area contributed by atoms with E-state index in [1.54, 1.807) is 11.3 Å². The third-order valence-corrected chi connectivity index (χ3v) is 3.04. The maximum atomic E-state index is 11.3. The number of nitrogens with zero attached hydrogens (tertiary/aromatic N) is 1. The molecule has 94 valence electrons. The molecule has 0 spiro atoms. The van der Waals surface area contributed by atoms with Crippen LogP contribution < -0.4 is 10.6 Å². The smallest absolute Gasteiger partial charge is 0.325 e. The summed E-state index contributed by atoms with van der Waals surface area (Å²) in [6.07, 6.45) is 0.646. The van der Waals surface area contributed by atoms with E-state index in [0.29, 0.717) is 13.0 Å². The predicted molar refractivity (Wildman–Crippen MR) is 64.2 cm³/mol. The molecule has 3 N–H and O–H groups in total. The van der Waals surface area contributed by atoms with E-state index in [0.717, 1.165) is 10.7 Å². The van der Waals surface area contributed by atoms with Crippen LogP contribution >= 0.6 is 11.3 Å². The number of urea groups is 1. The van der Waals surface area contributed by atoms with E-state index in [1.807, 2.05) is 12.3 Å². The number of aryl methyl sites for hydroxylation is 1. The van der Waals surface area contributed by atoms with Crippen LogP contribution in [0.15, 0.2) is 5.38 Å². The molecule has 1 atom stereocenters. The maximum Gasteiger partial charge on any atom is 0.325 e. The van der Waals surface area contributed by atoms with E-state index in [1.165, 1.54) is 6.92 Å². The Morgan fingerprint density at radius 1 is 1.59 bits per heavy atom. The standard InChI is InChI=1S/C10H15N3O3S/c1-6-5-17-8(12-6)3-4-11-10(16)13-7(2)9(14)15/h5,7H,3-4H2,1-2H3,(H,14,15)(H2,11,13,16)/t7-/m0/s1. The summed E-state index contributed by atoms with van der Waals surface area (Å²) in [5, 5.41) is 16.4. The average Bonchev–Trinajstić information content (AvgIpc) is 2.64. The Bertz CT molecular complexity index is 405. The van der Waals surface area contributed by atoms with Crippen molar-refractivity contribution in [3.63, 3.8) is 0 Å². The first-order chi connectivity index (χ1) is 7.99. The highest BCUT2D eigenvalue weighted by Gasteiger charge is 2.13. The molecular weight excluding hydrogens is 242 g/mol. The van der Waals surface area contributed by atoms with Crippen LogP contribution in [0.25, 0.3) is 0 Å². The zero-order valence-electron chi connectivity index (χ0n) is 9.69. The predicted octanol–water partition coefficient (Wildman–Crippen LogP) is 0.766. The molecule has 1 heterocycles. The summed E-state index contributed by atoms with van der Waals surface area (Å²) in [5.41, 5.74) is 0.967. The number of amides is 2. The van der Waals surface area contributed by atoms with Crippen LogP contribution in [0.2, 0.25) is 0 Å². The van der Waals surface area contributed by atoms with E-state index in [9.17, 15) is 9.59 Å². The van der Waals surface area contributed by atoms with Gasteiger partial charge in [0.1, 0.15) is 6.04 Å². The second-order valence-electron chi connectivity index (χ2n) is 3.59. The van der Waals surface area contributed by atoms with E-state index >= 15 is 0 Å². The van der Waals surface area contributed by atoms with Crippen molar-refractivity contribution in [3.05, 3.63) is 16.1 Å². The van der Waals surface area contributed by atoms with Crippen molar-refractivity contribution in [1.29, 1.82) is 0 Å². The monoisotopic (exact) mass is 257 g/mol. The fourth-order valence-electron chi connectivity index (χ4n) is 1.11. The molecule has 0 aliphatic heterocycles. The summed E-state index contributed by atoms with van der Waals surface area (Å²) in [7, 11) is 0. The molecule has 1 rings (SSSR count).